The van der Waals surface area contributed by atoms with Gasteiger partial charge in [-0.3, -0.25) is 4.99 Å². The second-order valence-corrected chi connectivity index (χ2v) is 8.64. The van der Waals surface area contributed by atoms with Crippen LogP contribution in [0.4, 0.5) is 10.3 Å². The third-order valence-corrected chi connectivity index (χ3v) is 7.06. The molecular weight excluding hydrogens is 353 g/mol. The van der Waals surface area contributed by atoms with Crippen molar-refractivity contribution in [2.75, 3.05) is 30.9 Å². The van der Waals surface area contributed by atoms with Crippen molar-refractivity contribution in [1.29, 1.82) is 0 Å². The zero-order valence-corrected chi connectivity index (χ0v) is 16.2. The van der Waals surface area contributed by atoms with Crippen molar-refractivity contribution in [3.8, 4) is 5.88 Å². The first kappa shape index (κ1) is 17.8. The Bertz CT molecular complexity index is 724. The summed E-state index contributed by atoms with van der Waals surface area (Å²) in [4.78, 5) is 15.9. The van der Waals surface area contributed by atoms with Crippen LogP contribution in [0.15, 0.2) is 4.99 Å². The van der Waals surface area contributed by atoms with Gasteiger partial charge >= 0.3 is 0 Å². The van der Waals surface area contributed by atoms with Crippen molar-refractivity contribution >= 4 is 22.9 Å². The van der Waals surface area contributed by atoms with Crippen LogP contribution in [0.1, 0.15) is 37.8 Å². The molecule has 1 aromatic rings. The van der Waals surface area contributed by atoms with E-state index in [4.69, 9.17) is 15.5 Å². The number of amidine groups is 1. The number of ether oxygens (including phenoxy) is 1. The maximum atomic E-state index is 14.1. The molecular formula is C18H26FN5OS. The van der Waals surface area contributed by atoms with Gasteiger partial charge in [0.1, 0.15) is 0 Å². The fraction of sp³-hybridized carbons (Fsp3) is 0.722. The van der Waals surface area contributed by atoms with Crippen molar-refractivity contribution in [3.05, 3.63) is 11.5 Å². The Morgan fingerprint density at radius 3 is 2.73 bits per heavy atom. The van der Waals surface area contributed by atoms with Gasteiger partial charge in [-0.05, 0) is 25.7 Å². The van der Waals surface area contributed by atoms with Crippen LogP contribution in [-0.4, -0.2) is 46.6 Å². The summed E-state index contributed by atoms with van der Waals surface area (Å²) in [7, 11) is 1.43. The number of thioether (sulfide) groups is 1. The van der Waals surface area contributed by atoms with Crippen LogP contribution in [0.5, 0.6) is 5.88 Å². The summed E-state index contributed by atoms with van der Waals surface area (Å²) in [6.07, 6.45) is 6.26. The van der Waals surface area contributed by atoms with Gasteiger partial charge in [0.15, 0.2) is 5.17 Å². The van der Waals surface area contributed by atoms with Crippen molar-refractivity contribution < 1.29 is 9.13 Å². The molecule has 1 aromatic heterocycles. The van der Waals surface area contributed by atoms with Crippen molar-refractivity contribution in [3.63, 3.8) is 0 Å². The first-order valence-corrected chi connectivity index (χ1v) is 10.3. The molecule has 3 heterocycles. The summed E-state index contributed by atoms with van der Waals surface area (Å²) in [5.41, 5.74) is 6.30. The van der Waals surface area contributed by atoms with Crippen molar-refractivity contribution in [2.45, 2.75) is 44.6 Å². The van der Waals surface area contributed by atoms with E-state index >= 15 is 0 Å². The van der Waals surface area contributed by atoms with E-state index in [0.29, 0.717) is 28.6 Å². The Morgan fingerprint density at radius 2 is 2.00 bits per heavy atom. The Morgan fingerprint density at radius 1 is 1.23 bits per heavy atom. The lowest BCUT2D eigenvalue weighted by atomic mass is 9.70. The predicted octanol–water partition coefficient (Wildman–Crippen LogP) is 2.75. The first-order valence-electron chi connectivity index (χ1n) is 9.34. The van der Waals surface area contributed by atoms with Gasteiger partial charge in [0.2, 0.25) is 11.8 Å². The summed E-state index contributed by atoms with van der Waals surface area (Å²) < 4.78 is 19.2. The lowest BCUT2D eigenvalue weighted by Crippen LogP contribution is -2.49. The molecule has 142 valence electrons. The zero-order valence-electron chi connectivity index (χ0n) is 15.4. The number of aliphatic imine (C=N–C) groups is 1. The van der Waals surface area contributed by atoms with E-state index in [9.17, 15) is 4.39 Å². The Balaban J connectivity index is 1.69. The monoisotopic (exact) mass is 379 g/mol. The second-order valence-electron chi connectivity index (χ2n) is 7.60. The van der Waals surface area contributed by atoms with Gasteiger partial charge in [0.05, 0.1) is 18.3 Å². The van der Waals surface area contributed by atoms with E-state index in [1.165, 1.54) is 39.2 Å². The number of hydrogen-bond acceptors (Lipinski definition) is 7. The summed E-state index contributed by atoms with van der Waals surface area (Å²) >= 11 is 1.64. The predicted molar refractivity (Wildman–Crippen MR) is 102 cm³/mol. The highest BCUT2D eigenvalue weighted by molar-refractivity contribution is 8.13. The van der Waals surface area contributed by atoms with Crippen LogP contribution in [0.25, 0.3) is 0 Å². The molecule has 6 nitrogen and oxygen atoms in total. The average Bonchev–Trinajstić information content (AvgIpc) is 3.04. The first-order chi connectivity index (χ1) is 12.5. The Hall–Kier alpha value is -1.57. The molecule has 26 heavy (non-hydrogen) atoms. The molecule has 0 unspecified atom stereocenters. The number of nitrogens with two attached hydrogens (primary N) is 1. The minimum absolute atomic E-state index is 0.00600. The molecule has 0 amide bonds. The normalized spacial score (nSPS) is 29.4. The van der Waals surface area contributed by atoms with E-state index < -0.39 is 5.82 Å². The van der Waals surface area contributed by atoms with Crippen LogP contribution in [-0.2, 0) is 0 Å². The number of fused-ring (bicyclic) bond motifs is 1. The topological polar surface area (TPSA) is 76.6 Å². The number of halogens is 1. The van der Waals surface area contributed by atoms with Crippen LogP contribution in [0.3, 0.4) is 0 Å². The van der Waals surface area contributed by atoms with E-state index in [1.807, 2.05) is 0 Å². The summed E-state index contributed by atoms with van der Waals surface area (Å²) in [6.45, 7) is 3.22. The van der Waals surface area contributed by atoms with Gasteiger partial charge < -0.3 is 15.4 Å². The lowest BCUT2D eigenvalue weighted by Gasteiger charge is -2.42. The molecule has 8 heteroatoms. The molecule has 1 aliphatic carbocycles. The Kier molecular flexibility index (Phi) is 4.71. The molecule has 2 atom stereocenters. The minimum atomic E-state index is -0.493. The largest absolute Gasteiger partial charge is 0.479 e. The third-order valence-electron chi connectivity index (χ3n) is 6.11. The number of aromatic nitrogens is 2. The molecule has 3 aliphatic rings. The molecule has 2 fully saturated rings. The van der Waals surface area contributed by atoms with Crippen LogP contribution < -0.4 is 15.4 Å². The highest BCUT2D eigenvalue weighted by Crippen LogP contribution is 2.48. The highest BCUT2D eigenvalue weighted by Gasteiger charge is 2.54. The molecule has 4 rings (SSSR count). The van der Waals surface area contributed by atoms with Gasteiger partial charge in [-0.25, -0.2) is 4.98 Å². The average molecular weight is 380 g/mol. The standard InChI is InChI=1S/C18H26FN5OS/c1-11-14(19)15(25-2)22-17(21-11)24-8-13-9-26-16(20)23-18(13,10-24)12-6-4-3-5-7-12/h12-13H,3-10H2,1-2H3,(H2,20,23)/t13-,18+/m0/s1. The molecule has 0 radical (unpaired) electrons. The quantitative estimate of drug-likeness (QED) is 0.870. The summed E-state index contributed by atoms with van der Waals surface area (Å²) in [5, 5.41) is 0.697. The van der Waals surface area contributed by atoms with Gasteiger partial charge in [-0.1, -0.05) is 31.0 Å². The smallest absolute Gasteiger partial charge is 0.255 e. The fourth-order valence-corrected chi connectivity index (χ4v) is 5.78. The third kappa shape index (κ3) is 2.92. The fourth-order valence-electron chi connectivity index (χ4n) is 4.77. The summed E-state index contributed by atoms with van der Waals surface area (Å²) in [5.74, 6) is 1.99. The lowest BCUT2D eigenvalue weighted by molar-refractivity contribution is 0.186. The maximum Gasteiger partial charge on any atom is 0.255 e. The van der Waals surface area contributed by atoms with Gasteiger partial charge in [-0.2, -0.15) is 9.37 Å². The van der Waals surface area contributed by atoms with Gasteiger partial charge in [0.25, 0.3) is 5.88 Å². The number of nitrogens with zero attached hydrogens (tertiary/aromatic N) is 4. The maximum absolute atomic E-state index is 14.1. The van der Waals surface area contributed by atoms with Crippen LogP contribution in [0, 0.1) is 24.6 Å². The molecule has 0 aromatic carbocycles. The molecule has 0 bridgehead atoms. The molecule has 2 aliphatic heterocycles. The molecule has 1 saturated heterocycles. The van der Waals surface area contributed by atoms with Gasteiger partial charge in [0, 0.05) is 24.8 Å². The second kappa shape index (κ2) is 6.87. The Labute approximate surface area is 157 Å². The van der Waals surface area contributed by atoms with E-state index in [0.717, 1.165) is 18.8 Å². The number of anilines is 1. The van der Waals surface area contributed by atoms with Crippen molar-refractivity contribution in [1.82, 2.24) is 9.97 Å². The van der Waals surface area contributed by atoms with E-state index in [2.05, 4.69) is 14.9 Å². The molecule has 1 saturated carbocycles. The molecule has 2 N–H and O–H groups in total. The summed E-state index contributed by atoms with van der Waals surface area (Å²) in [6, 6.07) is 0. The zero-order chi connectivity index (χ0) is 18.3. The van der Waals surface area contributed by atoms with Crippen molar-refractivity contribution in [2.24, 2.45) is 22.6 Å². The SMILES string of the molecule is COc1nc(N2C[C@H]3CSC(N)=N[C@@]3(C3CCCCC3)C2)nc(C)c1F. The number of methoxy groups -OCH3 is 1. The highest BCUT2D eigenvalue weighted by atomic mass is 32.2. The van der Waals surface area contributed by atoms with Crippen LogP contribution >= 0.6 is 11.8 Å². The minimum Gasteiger partial charge on any atom is -0.479 e. The number of rotatable bonds is 3. The van der Waals surface area contributed by atoms with Gasteiger partial charge in [-0.15, -0.1) is 0 Å². The number of aryl methyl sites for hydroxylation is 1. The number of hydrogen-bond donors (Lipinski definition) is 1. The molecule has 0 spiro atoms. The van der Waals surface area contributed by atoms with E-state index in [1.54, 1.807) is 18.7 Å². The van der Waals surface area contributed by atoms with Crippen LogP contribution in [0.2, 0.25) is 0 Å². The van der Waals surface area contributed by atoms with E-state index in [-0.39, 0.29) is 11.4 Å².